The number of fused-ring (bicyclic) bond motifs is 1. The molecule has 1 aliphatic heterocycles. The van der Waals surface area contributed by atoms with Gasteiger partial charge in [0, 0.05) is 30.2 Å². The number of rotatable bonds is 11. The van der Waals surface area contributed by atoms with Crippen molar-refractivity contribution in [2.75, 3.05) is 39.3 Å². The quantitative estimate of drug-likeness (QED) is 0.466. The molecule has 2 aromatic rings. The molecular weight excluding hydrogens is 403 g/mol. The zero-order valence-electron chi connectivity index (χ0n) is 18.0. The predicted molar refractivity (Wildman–Crippen MR) is 124 cm³/mol. The fourth-order valence-corrected chi connectivity index (χ4v) is 4.07. The Kier molecular flexibility index (Phi) is 10.6. The number of piperidine rings is 1. The van der Waals surface area contributed by atoms with E-state index in [4.69, 9.17) is 0 Å². The number of unbranched alkanes of at least 4 members (excludes halogenated alkanes) is 1. The van der Waals surface area contributed by atoms with Crippen molar-refractivity contribution < 1.29 is 9.18 Å². The van der Waals surface area contributed by atoms with E-state index in [9.17, 15) is 9.18 Å². The standard InChI is InChI=1S/C23H35FN4O.ClH/c1-2-9-25-10-3-4-11-26-16-18-7-12-28(13-8-18)23(29)14-19-17-27-22-6-5-20(24)15-21(19)22;/h5-6,15,17-18,25-27H,2-4,7-14,16H2,1H3;1H. The van der Waals surface area contributed by atoms with Gasteiger partial charge >= 0.3 is 0 Å². The van der Waals surface area contributed by atoms with Crippen LogP contribution in [-0.4, -0.2) is 55.1 Å². The summed E-state index contributed by atoms with van der Waals surface area (Å²) in [5.74, 6) is 0.525. The highest BCUT2D eigenvalue weighted by atomic mass is 35.5. The van der Waals surface area contributed by atoms with Crippen molar-refractivity contribution in [3.8, 4) is 0 Å². The zero-order valence-corrected chi connectivity index (χ0v) is 18.8. The number of halogens is 2. The molecule has 0 aliphatic carbocycles. The maximum absolute atomic E-state index is 13.5. The second-order valence-electron chi connectivity index (χ2n) is 8.17. The van der Waals surface area contributed by atoms with Crippen LogP contribution in [0.1, 0.15) is 44.6 Å². The van der Waals surface area contributed by atoms with E-state index in [1.807, 2.05) is 11.1 Å². The van der Waals surface area contributed by atoms with E-state index < -0.39 is 0 Å². The Morgan fingerprint density at radius 3 is 2.63 bits per heavy atom. The number of aromatic nitrogens is 1. The van der Waals surface area contributed by atoms with Crippen LogP contribution >= 0.6 is 12.4 Å². The van der Waals surface area contributed by atoms with Gasteiger partial charge in [-0.05, 0) is 88.0 Å². The second kappa shape index (κ2) is 12.9. The van der Waals surface area contributed by atoms with Crippen LogP contribution in [0.5, 0.6) is 0 Å². The van der Waals surface area contributed by atoms with Crippen LogP contribution in [-0.2, 0) is 11.2 Å². The van der Waals surface area contributed by atoms with Crippen LogP contribution < -0.4 is 10.6 Å². The van der Waals surface area contributed by atoms with E-state index in [0.717, 1.165) is 68.6 Å². The number of benzene rings is 1. The van der Waals surface area contributed by atoms with Crippen LogP contribution in [0.2, 0.25) is 0 Å². The fraction of sp³-hybridized carbons (Fsp3) is 0.609. The molecule has 1 aliphatic rings. The van der Waals surface area contributed by atoms with Crippen LogP contribution in [0.25, 0.3) is 10.9 Å². The number of amides is 1. The Hall–Kier alpha value is -1.63. The lowest BCUT2D eigenvalue weighted by atomic mass is 9.96. The number of nitrogens with one attached hydrogen (secondary N) is 3. The normalized spacial score (nSPS) is 14.8. The van der Waals surface area contributed by atoms with E-state index in [1.54, 1.807) is 6.07 Å². The third kappa shape index (κ3) is 7.25. The molecule has 1 aromatic carbocycles. The maximum Gasteiger partial charge on any atom is 0.227 e. The van der Waals surface area contributed by atoms with Gasteiger partial charge in [0.1, 0.15) is 5.82 Å². The molecule has 0 radical (unpaired) electrons. The summed E-state index contributed by atoms with van der Waals surface area (Å²) >= 11 is 0. The number of carbonyl (C=O) groups is 1. The predicted octanol–water partition coefficient (Wildman–Crippen LogP) is 3.88. The first-order valence-electron chi connectivity index (χ1n) is 11.1. The monoisotopic (exact) mass is 438 g/mol. The molecule has 1 fully saturated rings. The van der Waals surface area contributed by atoms with Gasteiger partial charge in [0.15, 0.2) is 0 Å². The molecule has 168 valence electrons. The summed E-state index contributed by atoms with van der Waals surface area (Å²) in [6.45, 7) is 8.18. The Balaban J connectivity index is 0.00000320. The lowest BCUT2D eigenvalue weighted by Gasteiger charge is -2.32. The largest absolute Gasteiger partial charge is 0.361 e. The minimum atomic E-state index is -0.267. The smallest absolute Gasteiger partial charge is 0.227 e. The number of hydrogen-bond acceptors (Lipinski definition) is 3. The van der Waals surface area contributed by atoms with E-state index >= 15 is 0 Å². The van der Waals surface area contributed by atoms with Crippen LogP contribution in [0.15, 0.2) is 24.4 Å². The summed E-state index contributed by atoms with van der Waals surface area (Å²) in [7, 11) is 0. The Bertz CT molecular complexity index is 774. The van der Waals surface area contributed by atoms with Gasteiger partial charge in [-0.3, -0.25) is 4.79 Å². The maximum atomic E-state index is 13.5. The van der Waals surface area contributed by atoms with Crippen LogP contribution in [0.4, 0.5) is 4.39 Å². The lowest BCUT2D eigenvalue weighted by molar-refractivity contribution is -0.131. The number of aromatic amines is 1. The molecule has 1 aromatic heterocycles. The highest BCUT2D eigenvalue weighted by Gasteiger charge is 2.23. The number of likely N-dealkylation sites (tertiary alicyclic amines) is 1. The first-order chi connectivity index (χ1) is 14.2. The summed E-state index contributed by atoms with van der Waals surface area (Å²) in [4.78, 5) is 17.8. The van der Waals surface area contributed by atoms with Gasteiger partial charge < -0.3 is 20.5 Å². The van der Waals surface area contributed by atoms with Gasteiger partial charge in [0.2, 0.25) is 5.91 Å². The summed E-state index contributed by atoms with van der Waals surface area (Å²) in [6, 6.07) is 4.66. The fourth-order valence-electron chi connectivity index (χ4n) is 4.07. The summed E-state index contributed by atoms with van der Waals surface area (Å²) in [6.07, 6.45) is 7.89. The molecule has 3 N–H and O–H groups in total. The van der Waals surface area contributed by atoms with Gasteiger partial charge in [-0.15, -0.1) is 12.4 Å². The van der Waals surface area contributed by atoms with Gasteiger partial charge in [0.05, 0.1) is 6.42 Å². The van der Waals surface area contributed by atoms with Crippen molar-refractivity contribution in [1.29, 1.82) is 0 Å². The van der Waals surface area contributed by atoms with E-state index in [1.165, 1.54) is 31.4 Å². The number of H-pyrrole nitrogens is 1. The van der Waals surface area contributed by atoms with Gasteiger partial charge in [-0.1, -0.05) is 6.92 Å². The van der Waals surface area contributed by atoms with Crippen molar-refractivity contribution in [2.45, 2.75) is 45.4 Å². The van der Waals surface area contributed by atoms with E-state index in [2.05, 4.69) is 22.5 Å². The molecule has 1 saturated heterocycles. The third-order valence-corrected chi connectivity index (χ3v) is 5.86. The summed E-state index contributed by atoms with van der Waals surface area (Å²) in [5, 5.41) is 7.82. The molecule has 0 atom stereocenters. The first-order valence-corrected chi connectivity index (χ1v) is 11.1. The summed E-state index contributed by atoms with van der Waals surface area (Å²) < 4.78 is 13.5. The zero-order chi connectivity index (χ0) is 20.5. The van der Waals surface area contributed by atoms with E-state index in [-0.39, 0.29) is 24.1 Å². The third-order valence-electron chi connectivity index (χ3n) is 5.86. The molecule has 2 heterocycles. The van der Waals surface area contributed by atoms with Crippen molar-refractivity contribution in [3.63, 3.8) is 0 Å². The molecular formula is C23H36ClFN4O. The van der Waals surface area contributed by atoms with Gasteiger partial charge in [0.25, 0.3) is 0 Å². The Labute approximate surface area is 185 Å². The number of hydrogen-bond donors (Lipinski definition) is 3. The van der Waals surface area contributed by atoms with Gasteiger partial charge in [-0.2, -0.15) is 0 Å². The second-order valence-corrected chi connectivity index (χ2v) is 8.17. The average molecular weight is 439 g/mol. The minimum Gasteiger partial charge on any atom is -0.361 e. The number of carbonyl (C=O) groups excluding carboxylic acids is 1. The molecule has 0 spiro atoms. The molecule has 3 rings (SSSR count). The molecule has 0 unspecified atom stereocenters. The first kappa shape index (κ1) is 24.6. The SMILES string of the molecule is CCCNCCCCNCC1CCN(C(=O)Cc2c[nH]c3ccc(F)cc23)CC1.Cl. The highest BCUT2D eigenvalue weighted by Crippen LogP contribution is 2.22. The Morgan fingerprint density at radius 1 is 1.17 bits per heavy atom. The van der Waals surface area contributed by atoms with Crippen molar-refractivity contribution in [1.82, 2.24) is 20.5 Å². The average Bonchev–Trinajstić information content (AvgIpc) is 3.12. The molecule has 5 nitrogen and oxygen atoms in total. The summed E-state index contributed by atoms with van der Waals surface area (Å²) in [5.41, 5.74) is 1.75. The van der Waals surface area contributed by atoms with Crippen LogP contribution in [0, 0.1) is 11.7 Å². The van der Waals surface area contributed by atoms with Crippen molar-refractivity contribution in [3.05, 3.63) is 35.8 Å². The van der Waals surface area contributed by atoms with Crippen molar-refractivity contribution >= 4 is 29.2 Å². The van der Waals surface area contributed by atoms with E-state index in [0.29, 0.717) is 12.3 Å². The molecule has 0 saturated carbocycles. The molecule has 1 amide bonds. The highest BCUT2D eigenvalue weighted by molar-refractivity contribution is 5.89. The Morgan fingerprint density at radius 2 is 1.90 bits per heavy atom. The number of nitrogens with zero attached hydrogens (tertiary/aromatic N) is 1. The molecule has 7 heteroatoms. The lowest BCUT2D eigenvalue weighted by Crippen LogP contribution is -2.41. The van der Waals surface area contributed by atoms with Crippen LogP contribution in [0.3, 0.4) is 0 Å². The topological polar surface area (TPSA) is 60.2 Å². The molecule has 30 heavy (non-hydrogen) atoms. The van der Waals surface area contributed by atoms with Crippen molar-refractivity contribution in [2.24, 2.45) is 5.92 Å². The molecule has 0 bridgehead atoms. The minimum absolute atomic E-state index is 0. The van der Waals surface area contributed by atoms with Gasteiger partial charge in [-0.25, -0.2) is 4.39 Å².